The smallest absolute Gasteiger partial charge is 0.229 e. The molecule has 144 valence electrons. The Bertz CT molecular complexity index is 926. The van der Waals surface area contributed by atoms with Crippen LogP contribution in [0.2, 0.25) is 0 Å². The van der Waals surface area contributed by atoms with Crippen LogP contribution in [-0.2, 0) is 16.0 Å². The summed E-state index contributed by atoms with van der Waals surface area (Å²) in [6, 6.07) is 17.7. The number of aryl methyl sites for hydroxylation is 1. The minimum atomic E-state index is -0.0913. The predicted molar refractivity (Wildman–Crippen MR) is 109 cm³/mol. The lowest BCUT2D eigenvalue weighted by Gasteiger charge is -2.31. The number of nitrogens with zero attached hydrogens (tertiary/aromatic N) is 2. The maximum atomic E-state index is 12.6. The van der Waals surface area contributed by atoms with Crippen molar-refractivity contribution in [2.24, 2.45) is 5.92 Å². The van der Waals surface area contributed by atoms with E-state index in [1.807, 2.05) is 59.5 Å². The number of benzene rings is 2. The molecule has 1 saturated heterocycles. The second-order valence-electron chi connectivity index (χ2n) is 7.23. The van der Waals surface area contributed by atoms with Crippen LogP contribution in [0.5, 0.6) is 0 Å². The summed E-state index contributed by atoms with van der Waals surface area (Å²) in [6.07, 6.45) is 2.64. The maximum Gasteiger partial charge on any atom is 0.229 e. The summed E-state index contributed by atoms with van der Waals surface area (Å²) in [7, 11) is 0. The highest BCUT2D eigenvalue weighted by molar-refractivity contribution is 5.93. The van der Waals surface area contributed by atoms with Crippen molar-refractivity contribution in [1.29, 1.82) is 0 Å². The van der Waals surface area contributed by atoms with Gasteiger partial charge in [-0.15, -0.1) is 0 Å². The van der Waals surface area contributed by atoms with E-state index in [4.69, 9.17) is 0 Å². The molecule has 1 aliphatic rings. The van der Waals surface area contributed by atoms with Gasteiger partial charge in [0.2, 0.25) is 17.8 Å². The van der Waals surface area contributed by atoms with Crippen LogP contribution in [0.3, 0.4) is 0 Å². The molecule has 1 fully saturated rings. The number of hydrogen-bond donors (Lipinski definition) is 2. The largest absolute Gasteiger partial charge is 0.343 e. The Morgan fingerprint density at radius 1 is 1.04 bits per heavy atom. The summed E-state index contributed by atoms with van der Waals surface area (Å²) in [5.41, 5.74) is 2.91. The molecule has 0 saturated carbocycles. The molecule has 2 amide bonds. The van der Waals surface area contributed by atoms with Crippen LogP contribution >= 0.6 is 0 Å². The summed E-state index contributed by atoms with van der Waals surface area (Å²) in [6.45, 7) is 1.26. The molecule has 4 rings (SSSR count). The Morgan fingerprint density at radius 2 is 1.75 bits per heavy atom. The lowest BCUT2D eigenvalue weighted by atomic mass is 9.95. The molecule has 0 radical (unpaired) electrons. The van der Waals surface area contributed by atoms with Crippen LogP contribution in [0, 0.1) is 5.92 Å². The molecule has 0 unspecified atom stereocenters. The number of imidazole rings is 1. The molecule has 2 N–H and O–H groups in total. The number of amides is 2. The van der Waals surface area contributed by atoms with Crippen LogP contribution in [0.15, 0.2) is 54.6 Å². The second kappa shape index (κ2) is 8.25. The Hall–Kier alpha value is -3.15. The fourth-order valence-corrected chi connectivity index (χ4v) is 3.68. The van der Waals surface area contributed by atoms with Gasteiger partial charge in [-0.05, 0) is 37.0 Å². The third-order valence-corrected chi connectivity index (χ3v) is 5.32. The van der Waals surface area contributed by atoms with Crippen molar-refractivity contribution in [3.63, 3.8) is 0 Å². The quantitative estimate of drug-likeness (QED) is 0.717. The number of para-hydroxylation sites is 2. The van der Waals surface area contributed by atoms with Crippen LogP contribution in [-0.4, -0.2) is 39.8 Å². The van der Waals surface area contributed by atoms with Gasteiger partial charge in [-0.25, -0.2) is 4.98 Å². The van der Waals surface area contributed by atoms with Gasteiger partial charge >= 0.3 is 0 Å². The van der Waals surface area contributed by atoms with Crippen molar-refractivity contribution in [1.82, 2.24) is 14.9 Å². The van der Waals surface area contributed by atoms with E-state index in [0.717, 1.165) is 17.5 Å². The number of anilines is 1. The van der Waals surface area contributed by atoms with Gasteiger partial charge in [0, 0.05) is 25.4 Å². The minimum Gasteiger partial charge on any atom is -0.343 e. The number of aromatic amines is 1. The molecule has 28 heavy (non-hydrogen) atoms. The number of piperidine rings is 1. The third kappa shape index (κ3) is 4.22. The molecule has 0 spiro atoms. The zero-order valence-electron chi connectivity index (χ0n) is 15.7. The molecule has 6 heteroatoms. The average Bonchev–Trinajstić information content (AvgIpc) is 3.15. The normalized spacial score (nSPS) is 14.9. The summed E-state index contributed by atoms with van der Waals surface area (Å²) in [5, 5.41) is 2.88. The van der Waals surface area contributed by atoms with Crippen LogP contribution in [0.1, 0.15) is 24.8 Å². The van der Waals surface area contributed by atoms with Gasteiger partial charge < -0.3 is 9.88 Å². The van der Waals surface area contributed by atoms with Crippen molar-refractivity contribution >= 4 is 28.8 Å². The number of H-pyrrole nitrogens is 1. The van der Waals surface area contributed by atoms with Gasteiger partial charge in [-0.2, -0.15) is 0 Å². The topological polar surface area (TPSA) is 78.1 Å². The molecule has 2 aromatic carbocycles. The average molecular weight is 376 g/mol. The van der Waals surface area contributed by atoms with Crippen LogP contribution in [0.25, 0.3) is 11.0 Å². The first-order chi connectivity index (χ1) is 13.7. The van der Waals surface area contributed by atoms with Gasteiger partial charge in [-0.3, -0.25) is 14.9 Å². The first-order valence-electron chi connectivity index (χ1n) is 9.76. The lowest BCUT2D eigenvalue weighted by molar-refractivity contribution is -0.134. The second-order valence-corrected chi connectivity index (χ2v) is 7.23. The van der Waals surface area contributed by atoms with Gasteiger partial charge in [0.15, 0.2) is 0 Å². The number of rotatable bonds is 5. The van der Waals surface area contributed by atoms with Crippen molar-refractivity contribution < 1.29 is 9.59 Å². The molecule has 6 nitrogen and oxygen atoms in total. The highest BCUT2D eigenvalue weighted by Crippen LogP contribution is 2.21. The van der Waals surface area contributed by atoms with E-state index in [0.29, 0.717) is 38.3 Å². The van der Waals surface area contributed by atoms with Crippen LogP contribution in [0.4, 0.5) is 5.95 Å². The number of hydrogen-bond acceptors (Lipinski definition) is 3. The highest BCUT2D eigenvalue weighted by atomic mass is 16.2. The number of likely N-dealkylation sites (tertiary alicyclic amines) is 1. The minimum absolute atomic E-state index is 0.0320. The number of carbonyl (C=O) groups is 2. The van der Waals surface area contributed by atoms with E-state index >= 15 is 0 Å². The summed E-state index contributed by atoms with van der Waals surface area (Å²) >= 11 is 0. The van der Waals surface area contributed by atoms with Gasteiger partial charge in [0.25, 0.3) is 0 Å². The highest BCUT2D eigenvalue weighted by Gasteiger charge is 2.27. The number of nitrogens with one attached hydrogen (secondary N) is 2. The molecule has 1 aliphatic heterocycles. The van der Waals surface area contributed by atoms with E-state index in [2.05, 4.69) is 15.3 Å². The molecular formula is C22H24N4O2. The van der Waals surface area contributed by atoms with E-state index in [9.17, 15) is 9.59 Å². The van der Waals surface area contributed by atoms with Crippen molar-refractivity contribution in [2.45, 2.75) is 25.7 Å². The number of fused-ring (bicyclic) bond motifs is 1. The van der Waals surface area contributed by atoms with E-state index in [-0.39, 0.29) is 17.7 Å². The van der Waals surface area contributed by atoms with E-state index in [1.54, 1.807) is 0 Å². The first kappa shape index (κ1) is 18.2. The van der Waals surface area contributed by atoms with Crippen molar-refractivity contribution in [3.8, 4) is 0 Å². The molecular weight excluding hydrogens is 352 g/mol. The fraction of sp³-hybridized carbons (Fsp3) is 0.318. The Balaban J connectivity index is 1.26. The number of aromatic nitrogens is 2. The van der Waals surface area contributed by atoms with Gasteiger partial charge in [0.1, 0.15) is 0 Å². The van der Waals surface area contributed by atoms with Crippen molar-refractivity contribution in [2.75, 3.05) is 18.4 Å². The van der Waals surface area contributed by atoms with Crippen molar-refractivity contribution in [3.05, 3.63) is 60.2 Å². The molecule has 0 aliphatic carbocycles. The first-order valence-corrected chi connectivity index (χ1v) is 9.76. The Kier molecular flexibility index (Phi) is 5.37. The molecule has 2 heterocycles. The summed E-state index contributed by atoms with van der Waals surface area (Å²) < 4.78 is 0. The summed E-state index contributed by atoms with van der Waals surface area (Å²) in [4.78, 5) is 34.4. The molecule has 0 bridgehead atoms. The Morgan fingerprint density at radius 3 is 2.50 bits per heavy atom. The molecule has 1 aromatic heterocycles. The number of carbonyl (C=O) groups excluding carboxylic acids is 2. The van der Waals surface area contributed by atoms with Crippen LogP contribution < -0.4 is 5.32 Å². The fourth-order valence-electron chi connectivity index (χ4n) is 3.68. The zero-order chi connectivity index (χ0) is 19.3. The molecule has 0 atom stereocenters. The maximum absolute atomic E-state index is 12.6. The third-order valence-electron chi connectivity index (χ3n) is 5.32. The van der Waals surface area contributed by atoms with E-state index < -0.39 is 0 Å². The van der Waals surface area contributed by atoms with Gasteiger partial charge in [-0.1, -0.05) is 42.5 Å². The monoisotopic (exact) mass is 376 g/mol. The lowest BCUT2D eigenvalue weighted by Crippen LogP contribution is -2.41. The van der Waals surface area contributed by atoms with E-state index in [1.165, 1.54) is 5.56 Å². The summed E-state index contributed by atoms with van der Waals surface area (Å²) in [5.74, 6) is 0.523. The predicted octanol–water partition coefficient (Wildman–Crippen LogP) is 3.37. The Labute approximate surface area is 164 Å². The zero-order valence-corrected chi connectivity index (χ0v) is 15.7. The molecule has 3 aromatic rings. The SMILES string of the molecule is O=C(Nc1nc2ccccc2[nH]1)C1CCN(C(=O)CCc2ccccc2)CC1. The standard InChI is InChI=1S/C22H24N4O2/c27-20(11-10-16-6-2-1-3-7-16)26-14-12-17(13-15-26)21(28)25-22-23-18-8-4-5-9-19(18)24-22/h1-9,17H,10-15H2,(H2,23,24,25,28). The van der Waals surface area contributed by atoms with Gasteiger partial charge in [0.05, 0.1) is 11.0 Å².